The number of carboxylic acid groups (broad SMARTS) is 2. The summed E-state index contributed by atoms with van der Waals surface area (Å²) in [5.74, 6) is -2.58. The first-order valence-electron chi connectivity index (χ1n) is 16.4. The molecule has 13 nitrogen and oxygen atoms in total. The highest BCUT2D eigenvalue weighted by Crippen LogP contribution is 2.33. The lowest BCUT2D eigenvalue weighted by Crippen LogP contribution is -2.48. The van der Waals surface area contributed by atoms with Gasteiger partial charge in [0.25, 0.3) is 11.8 Å². The van der Waals surface area contributed by atoms with Crippen LogP contribution in [-0.4, -0.2) is 93.7 Å². The van der Waals surface area contributed by atoms with Crippen LogP contribution in [0.15, 0.2) is 91.1 Å². The molecule has 0 atom stereocenters. The van der Waals surface area contributed by atoms with Crippen LogP contribution in [0.2, 0.25) is 0 Å². The minimum atomic E-state index is -4.48. The molecule has 0 unspecified atom stereocenters. The van der Waals surface area contributed by atoms with Crippen LogP contribution in [0.5, 0.6) is 17.4 Å². The predicted molar refractivity (Wildman–Crippen MR) is 191 cm³/mol. The number of ether oxygens (including phenoxy) is 2. The van der Waals surface area contributed by atoms with E-state index in [0.29, 0.717) is 30.2 Å². The SMILES string of the molecule is COc1ccc(CN2CCN(C(=O)c3cc4cccc(Oc5ccc(N(C)C(=O)c6ccc(C(F)(F)F)cc6)cn5)c4n3C)CC2)cc1.O=C(O)C(=O)O. The normalized spacial score (nSPS) is 13.1. The molecule has 1 aliphatic rings. The van der Waals surface area contributed by atoms with E-state index in [-0.39, 0.29) is 17.4 Å². The number of para-hydroxylation sites is 1. The van der Waals surface area contributed by atoms with E-state index in [1.807, 2.05) is 46.8 Å². The third kappa shape index (κ3) is 9.14. The molecule has 3 heterocycles. The smallest absolute Gasteiger partial charge is 0.416 e. The number of pyridine rings is 1. The van der Waals surface area contributed by atoms with Crippen LogP contribution in [0, 0.1) is 0 Å². The summed E-state index contributed by atoms with van der Waals surface area (Å²) in [5.41, 5.74) is 2.20. The molecule has 2 N–H and O–H groups in total. The van der Waals surface area contributed by atoms with E-state index in [1.54, 1.807) is 25.3 Å². The van der Waals surface area contributed by atoms with Crippen molar-refractivity contribution in [2.45, 2.75) is 12.7 Å². The Morgan fingerprint density at radius 1 is 0.870 bits per heavy atom. The average Bonchev–Trinajstić information content (AvgIpc) is 3.51. The van der Waals surface area contributed by atoms with Crippen LogP contribution in [0.1, 0.15) is 32.0 Å². The third-order valence-electron chi connectivity index (χ3n) is 8.73. The van der Waals surface area contributed by atoms with E-state index in [4.69, 9.17) is 29.3 Å². The van der Waals surface area contributed by atoms with Crippen molar-refractivity contribution in [1.82, 2.24) is 19.4 Å². The highest BCUT2D eigenvalue weighted by atomic mass is 19.4. The molecule has 54 heavy (non-hydrogen) atoms. The fraction of sp³-hybridized carbons (Fsp3) is 0.237. The summed E-state index contributed by atoms with van der Waals surface area (Å²) >= 11 is 0. The number of methoxy groups -OCH3 is 1. The molecule has 0 aliphatic carbocycles. The van der Waals surface area contributed by atoms with E-state index in [0.717, 1.165) is 60.6 Å². The molecule has 282 valence electrons. The number of fused-ring (bicyclic) bond motifs is 1. The Balaban J connectivity index is 0.000000864. The number of anilines is 1. The molecular weight excluding hydrogens is 711 g/mol. The summed E-state index contributed by atoms with van der Waals surface area (Å²) in [5, 5.41) is 15.6. The lowest BCUT2D eigenvalue weighted by atomic mass is 10.1. The van der Waals surface area contributed by atoms with Gasteiger partial charge >= 0.3 is 18.1 Å². The van der Waals surface area contributed by atoms with Crippen LogP contribution in [-0.2, 0) is 29.4 Å². The number of benzene rings is 3. The maximum absolute atomic E-state index is 13.7. The molecule has 6 rings (SSSR count). The zero-order valence-electron chi connectivity index (χ0n) is 29.4. The molecule has 1 fully saturated rings. The van der Waals surface area contributed by atoms with Crippen LogP contribution in [0.25, 0.3) is 10.9 Å². The molecule has 16 heteroatoms. The molecule has 1 aliphatic heterocycles. The van der Waals surface area contributed by atoms with Gasteiger partial charge in [-0.15, -0.1) is 0 Å². The topological polar surface area (TPSA) is 155 Å². The van der Waals surface area contributed by atoms with E-state index < -0.39 is 29.6 Å². The van der Waals surface area contributed by atoms with Crippen LogP contribution in [0.4, 0.5) is 18.9 Å². The number of carbonyl (C=O) groups excluding carboxylic acids is 2. The van der Waals surface area contributed by atoms with Crippen molar-refractivity contribution in [3.8, 4) is 17.4 Å². The zero-order valence-corrected chi connectivity index (χ0v) is 29.4. The zero-order chi connectivity index (χ0) is 39.2. The molecule has 2 amide bonds. The molecule has 1 saturated heterocycles. The molecule has 0 bridgehead atoms. The van der Waals surface area contributed by atoms with Crippen LogP contribution < -0.4 is 14.4 Å². The average molecular weight is 748 g/mol. The number of aromatic nitrogens is 2. The summed E-state index contributed by atoms with van der Waals surface area (Å²) in [6.07, 6.45) is -3.03. The number of piperazine rings is 1. The highest BCUT2D eigenvalue weighted by Gasteiger charge is 2.30. The predicted octanol–water partition coefficient (Wildman–Crippen LogP) is 5.78. The first-order chi connectivity index (χ1) is 25.7. The highest BCUT2D eigenvalue weighted by molar-refractivity contribution is 6.27. The number of carboxylic acids is 2. The van der Waals surface area contributed by atoms with Gasteiger partial charge in [-0.25, -0.2) is 14.6 Å². The molecule has 3 aromatic carbocycles. The van der Waals surface area contributed by atoms with Crippen molar-refractivity contribution in [3.63, 3.8) is 0 Å². The van der Waals surface area contributed by atoms with E-state index >= 15 is 0 Å². The lowest BCUT2D eigenvalue weighted by Gasteiger charge is -2.34. The molecule has 0 spiro atoms. The number of nitrogens with zero attached hydrogens (tertiary/aromatic N) is 5. The van der Waals surface area contributed by atoms with Crippen molar-refractivity contribution in [3.05, 3.63) is 114 Å². The number of hydrogen-bond acceptors (Lipinski definition) is 8. The van der Waals surface area contributed by atoms with Crippen LogP contribution >= 0.6 is 0 Å². The van der Waals surface area contributed by atoms with E-state index in [9.17, 15) is 22.8 Å². The van der Waals surface area contributed by atoms with Crippen molar-refractivity contribution in [2.75, 3.05) is 45.2 Å². The second-order valence-electron chi connectivity index (χ2n) is 12.2. The molecule has 0 saturated carbocycles. The fourth-order valence-corrected chi connectivity index (χ4v) is 5.78. The van der Waals surface area contributed by atoms with Gasteiger partial charge in [-0.3, -0.25) is 14.5 Å². The van der Waals surface area contributed by atoms with Gasteiger partial charge < -0.3 is 34.1 Å². The minimum absolute atomic E-state index is 0.0491. The summed E-state index contributed by atoms with van der Waals surface area (Å²) < 4.78 is 51.9. The van der Waals surface area contributed by atoms with E-state index in [2.05, 4.69) is 22.0 Å². The number of rotatable bonds is 8. The molecular formula is C38H36F3N5O8. The van der Waals surface area contributed by atoms with Gasteiger partial charge in [0.15, 0.2) is 5.75 Å². The summed E-state index contributed by atoms with van der Waals surface area (Å²) in [7, 11) is 5.00. The summed E-state index contributed by atoms with van der Waals surface area (Å²) in [6, 6.07) is 22.7. The Labute approximate surface area is 307 Å². The first kappa shape index (κ1) is 38.8. The fourth-order valence-electron chi connectivity index (χ4n) is 5.78. The molecule has 2 aromatic heterocycles. The van der Waals surface area contributed by atoms with Crippen LogP contribution in [0.3, 0.4) is 0 Å². The van der Waals surface area contributed by atoms with Gasteiger partial charge in [0.1, 0.15) is 11.4 Å². The Morgan fingerprint density at radius 2 is 1.52 bits per heavy atom. The Morgan fingerprint density at radius 3 is 2.07 bits per heavy atom. The Bertz CT molecular complexity index is 2120. The van der Waals surface area contributed by atoms with Gasteiger partial charge in [-0.2, -0.15) is 13.2 Å². The third-order valence-corrected chi connectivity index (χ3v) is 8.73. The minimum Gasteiger partial charge on any atom is -0.497 e. The molecule has 0 radical (unpaired) electrons. The standard InChI is InChI=1S/C36H34F3N5O4.C2H2O4/c1-41(34(45)25-9-11-27(12-10-25)36(37,38)39)28-13-16-32(40-22-28)48-31-6-4-5-26-21-30(42(2)33(26)31)35(46)44-19-17-43(18-20-44)23-24-7-14-29(47-3)15-8-24;3-1(4)2(5)6/h4-16,21-22H,17-20,23H2,1-3H3;(H,3,4)(H,5,6). The Kier molecular flexibility index (Phi) is 11.9. The number of alkyl halides is 3. The molecule has 5 aromatic rings. The number of hydrogen-bond donors (Lipinski definition) is 2. The first-order valence-corrected chi connectivity index (χ1v) is 16.4. The number of halogens is 3. The number of aryl methyl sites for hydroxylation is 1. The Hall–Kier alpha value is -6.42. The van der Waals surface area contributed by atoms with Gasteiger partial charge in [0.05, 0.1) is 30.1 Å². The second-order valence-corrected chi connectivity index (χ2v) is 12.2. The van der Waals surface area contributed by atoms with Crippen molar-refractivity contribution < 1.29 is 52.0 Å². The van der Waals surface area contributed by atoms with Crippen molar-refractivity contribution in [1.29, 1.82) is 0 Å². The van der Waals surface area contributed by atoms with Gasteiger partial charge in [0.2, 0.25) is 5.88 Å². The monoisotopic (exact) mass is 747 g/mol. The van der Waals surface area contributed by atoms with E-state index in [1.165, 1.54) is 23.7 Å². The number of carbonyl (C=O) groups is 4. The van der Waals surface area contributed by atoms with Crippen molar-refractivity contribution in [2.24, 2.45) is 7.05 Å². The van der Waals surface area contributed by atoms with Gasteiger partial charge in [-0.1, -0.05) is 24.3 Å². The summed E-state index contributed by atoms with van der Waals surface area (Å²) in [6.45, 7) is 3.57. The second kappa shape index (κ2) is 16.5. The number of aliphatic carboxylic acids is 2. The van der Waals surface area contributed by atoms with Crippen molar-refractivity contribution >= 4 is 40.3 Å². The maximum atomic E-state index is 13.7. The van der Waals surface area contributed by atoms with Gasteiger partial charge in [-0.05, 0) is 60.2 Å². The van der Waals surface area contributed by atoms with Gasteiger partial charge in [0, 0.05) is 63.8 Å². The lowest BCUT2D eigenvalue weighted by molar-refractivity contribution is -0.159. The quantitative estimate of drug-likeness (QED) is 0.187. The maximum Gasteiger partial charge on any atom is 0.416 e. The number of amides is 2. The summed E-state index contributed by atoms with van der Waals surface area (Å²) in [4.78, 5) is 54.6. The largest absolute Gasteiger partial charge is 0.497 e.